The minimum atomic E-state index is -0.187. The number of rotatable bonds is 3. The van der Waals surface area contributed by atoms with E-state index in [1.807, 2.05) is 42.1 Å². The predicted molar refractivity (Wildman–Crippen MR) is 95.4 cm³/mol. The fourth-order valence-electron chi connectivity index (χ4n) is 3.53. The van der Waals surface area contributed by atoms with E-state index in [4.69, 9.17) is 0 Å². The lowest BCUT2D eigenvalue weighted by Crippen LogP contribution is -2.42. The summed E-state index contributed by atoms with van der Waals surface area (Å²) in [5.41, 5.74) is 2.27. The van der Waals surface area contributed by atoms with Gasteiger partial charge >= 0.3 is 0 Å². The van der Waals surface area contributed by atoms with Crippen LogP contribution in [0.25, 0.3) is 10.9 Å². The van der Waals surface area contributed by atoms with Gasteiger partial charge in [-0.1, -0.05) is 18.2 Å². The van der Waals surface area contributed by atoms with Gasteiger partial charge in [-0.3, -0.25) is 19.0 Å². The quantitative estimate of drug-likeness (QED) is 0.765. The molecule has 8 nitrogen and oxygen atoms in total. The van der Waals surface area contributed by atoms with Crippen LogP contribution in [0, 0.1) is 0 Å². The first-order valence-electron chi connectivity index (χ1n) is 8.52. The van der Waals surface area contributed by atoms with Gasteiger partial charge in [0.05, 0.1) is 30.2 Å². The summed E-state index contributed by atoms with van der Waals surface area (Å²) < 4.78 is 3.56. The van der Waals surface area contributed by atoms with Crippen molar-refractivity contribution in [3.63, 3.8) is 0 Å². The number of aryl methyl sites for hydroxylation is 1. The number of aromatic nitrogens is 4. The molecule has 0 fully saturated rings. The Balaban J connectivity index is 1.67. The normalized spacial score (nSPS) is 16.5. The van der Waals surface area contributed by atoms with Crippen LogP contribution >= 0.6 is 0 Å². The van der Waals surface area contributed by atoms with Gasteiger partial charge in [-0.05, 0) is 12.1 Å². The Morgan fingerprint density at radius 1 is 1.27 bits per heavy atom. The van der Waals surface area contributed by atoms with E-state index in [1.54, 1.807) is 22.8 Å². The maximum Gasteiger partial charge on any atom is 0.275 e. The van der Waals surface area contributed by atoms with Crippen LogP contribution in [0.4, 0.5) is 0 Å². The van der Waals surface area contributed by atoms with Gasteiger partial charge in [0, 0.05) is 32.2 Å². The standard InChI is InChI=1S/C18H20N6O2/c1-19-16(25)9-13-11-23(10-12-7-8-20-24(12)13)18(26)17-14-5-3-4-6-15(14)22(2)21-17/h3-8,13H,9-11H2,1-2H3,(H,19,25). The Labute approximate surface area is 150 Å². The molecule has 0 radical (unpaired) electrons. The summed E-state index contributed by atoms with van der Waals surface area (Å²) in [6.45, 7) is 0.875. The summed E-state index contributed by atoms with van der Waals surface area (Å²) in [4.78, 5) is 26.8. The van der Waals surface area contributed by atoms with Gasteiger partial charge in [-0.2, -0.15) is 10.2 Å². The van der Waals surface area contributed by atoms with Gasteiger partial charge in [0.2, 0.25) is 5.91 Å². The van der Waals surface area contributed by atoms with E-state index in [1.165, 1.54) is 0 Å². The molecule has 0 saturated heterocycles. The van der Waals surface area contributed by atoms with Gasteiger partial charge in [-0.25, -0.2) is 0 Å². The minimum Gasteiger partial charge on any atom is -0.359 e. The predicted octanol–water partition coefficient (Wildman–Crippen LogP) is 1.10. The molecule has 3 heterocycles. The molecule has 1 aliphatic rings. The van der Waals surface area contributed by atoms with Crippen LogP contribution in [-0.2, 0) is 18.4 Å². The molecular formula is C18H20N6O2. The summed E-state index contributed by atoms with van der Waals surface area (Å²) in [6.07, 6.45) is 1.98. The molecule has 4 rings (SSSR count). The fourth-order valence-corrected chi connectivity index (χ4v) is 3.53. The monoisotopic (exact) mass is 352 g/mol. The van der Waals surface area contributed by atoms with Crippen molar-refractivity contribution in [3.05, 3.63) is 47.9 Å². The molecule has 0 bridgehead atoms. The Hall–Kier alpha value is -3.16. The van der Waals surface area contributed by atoms with Crippen molar-refractivity contribution in [1.29, 1.82) is 0 Å². The van der Waals surface area contributed by atoms with E-state index < -0.39 is 0 Å². The highest BCUT2D eigenvalue weighted by molar-refractivity contribution is 6.04. The minimum absolute atomic E-state index is 0.0750. The van der Waals surface area contributed by atoms with Crippen molar-refractivity contribution in [2.24, 2.45) is 7.05 Å². The molecule has 26 heavy (non-hydrogen) atoms. The molecule has 2 aromatic heterocycles. The molecular weight excluding hydrogens is 332 g/mol. The maximum atomic E-state index is 13.2. The molecule has 3 aromatic rings. The van der Waals surface area contributed by atoms with Crippen LogP contribution in [0.2, 0.25) is 0 Å². The van der Waals surface area contributed by atoms with E-state index in [2.05, 4.69) is 15.5 Å². The van der Waals surface area contributed by atoms with Crippen LogP contribution in [0.1, 0.15) is 28.6 Å². The van der Waals surface area contributed by atoms with Gasteiger partial charge in [0.15, 0.2) is 5.69 Å². The first kappa shape index (κ1) is 16.3. The number of para-hydroxylation sites is 1. The average Bonchev–Trinajstić information content (AvgIpc) is 3.26. The molecule has 1 unspecified atom stereocenters. The van der Waals surface area contributed by atoms with E-state index in [9.17, 15) is 9.59 Å². The Morgan fingerprint density at radius 2 is 2.08 bits per heavy atom. The summed E-state index contributed by atoms with van der Waals surface area (Å²) in [6, 6.07) is 9.38. The largest absolute Gasteiger partial charge is 0.359 e. The van der Waals surface area contributed by atoms with Crippen LogP contribution in [0.5, 0.6) is 0 Å². The molecule has 8 heteroatoms. The number of carbonyl (C=O) groups is 2. The Bertz CT molecular complexity index is 989. The second-order valence-corrected chi connectivity index (χ2v) is 6.47. The first-order chi connectivity index (χ1) is 12.6. The molecule has 0 aliphatic carbocycles. The van der Waals surface area contributed by atoms with E-state index in [0.29, 0.717) is 18.8 Å². The van der Waals surface area contributed by atoms with Crippen LogP contribution in [0.15, 0.2) is 36.5 Å². The molecule has 1 N–H and O–H groups in total. The third-order valence-electron chi connectivity index (χ3n) is 4.83. The lowest BCUT2D eigenvalue weighted by molar-refractivity contribution is -0.121. The van der Waals surface area contributed by atoms with Gasteiger partial charge < -0.3 is 10.2 Å². The van der Waals surface area contributed by atoms with E-state index in [0.717, 1.165) is 16.6 Å². The number of hydrogen-bond donors (Lipinski definition) is 1. The van der Waals surface area contributed by atoms with Gasteiger partial charge in [0.25, 0.3) is 5.91 Å². The van der Waals surface area contributed by atoms with Crippen molar-refractivity contribution in [3.8, 4) is 0 Å². The van der Waals surface area contributed by atoms with Crippen LogP contribution < -0.4 is 5.32 Å². The third-order valence-corrected chi connectivity index (χ3v) is 4.83. The number of hydrogen-bond acceptors (Lipinski definition) is 4. The molecule has 1 atom stereocenters. The second kappa shape index (κ2) is 6.29. The van der Waals surface area contributed by atoms with E-state index in [-0.39, 0.29) is 24.3 Å². The van der Waals surface area contributed by atoms with E-state index >= 15 is 0 Å². The van der Waals surface area contributed by atoms with Crippen molar-refractivity contribution in [2.75, 3.05) is 13.6 Å². The number of nitrogens with one attached hydrogen (secondary N) is 1. The zero-order valence-electron chi connectivity index (χ0n) is 14.7. The van der Waals surface area contributed by atoms with Crippen molar-refractivity contribution >= 4 is 22.7 Å². The fraction of sp³-hybridized carbons (Fsp3) is 0.333. The highest BCUT2D eigenvalue weighted by Crippen LogP contribution is 2.26. The molecule has 2 amide bonds. The number of benzene rings is 1. The first-order valence-corrected chi connectivity index (χ1v) is 8.52. The summed E-state index contributed by atoms with van der Waals surface area (Å²) in [5.74, 6) is -0.204. The number of fused-ring (bicyclic) bond motifs is 2. The smallest absolute Gasteiger partial charge is 0.275 e. The molecule has 1 aliphatic heterocycles. The van der Waals surface area contributed by atoms with Gasteiger partial charge in [-0.15, -0.1) is 0 Å². The third kappa shape index (κ3) is 2.63. The molecule has 1 aromatic carbocycles. The number of nitrogens with zero attached hydrogens (tertiary/aromatic N) is 5. The lowest BCUT2D eigenvalue weighted by Gasteiger charge is -2.33. The maximum absolute atomic E-state index is 13.2. The SMILES string of the molecule is CNC(=O)CC1CN(C(=O)c2nn(C)c3ccccc23)Cc2ccnn21. The van der Waals surface area contributed by atoms with Crippen LogP contribution in [0.3, 0.4) is 0 Å². The summed E-state index contributed by atoms with van der Waals surface area (Å²) in [7, 11) is 3.44. The topological polar surface area (TPSA) is 85.1 Å². The zero-order chi connectivity index (χ0) is 18.3. The number of amides is 2. The molecule has 0 saturated carbocycles. The van der Waals surface area contributed by atoms with Crippen LogP contribution in [-0.4, -0.2) is 49.9 Å². The Morgan fingerprint density at radius 3 is 2.88 bits per heavy atom. The Kier molecular flexibility index (Phi) is 3.95. The average molecular weight is 352 g/mol. The highest BCUT2D eigenvalue weighted by Gasteiger charge is 2.32. The van der Waals surface area contributed by atoms with Gasteiger partial charge in [0.1, 0.15) is 0 Å². The highest BCUT2D eigenvalue weighted by atomic mass is 16.2. The molecule has 0 spiro atoms. The second-order valence-electron chi connectivity index (χ2n) is 6.47. The van der Waals surface area contributed by atoms with Crippen molar-refractivity contribution in [1.82, 2.24) is 29.8 Å². The summed E-state index contributed by atoms with van der Waals surface area (Å²) in [5, 5.41) is 12.2. The lowest BCUT2D eigenvalue weighted by atomic mass is 10.1. The van der Waals surface area contributed by atoms with Crippen molar-refractivity contribution < 1.29 is 9.59 Å². The molecule has 134 valence electrons. The number of carbonyl (C=O) groups excluding carboxylic acids is 2. The summed E-state index contributed by atoms with van der Waals surface area (Å²) >= 11 is 0. The zero-order valence-corrected chi connectivity index (χ0v) is 14.7. The van der Waals surface area contributed by atoms with Crippen molar-refractivity contribution in [2.45, 2.75) is 19.0 Å².